The number of esters is 2. The molecule has 8 heteroatoms. The van der Waals surface area contributed by atoms with Gasteiger partial charge in [-0.25, -0.2) is 4.79 Å². The molecule has 2 atom stereocenters. The summed E-state index contributed by atoms with van der Waals surface area (Å²) < 4.78 is 18.4. The second-order valence-corrected chi connectivity index (χ2v) is 9.50. The van der Waals surface area contributed by atoms with Gasteiger partial charge in [-0.05, 0) is 53.8 Å². The van der Waals surface area contributed by atoms with Gasteiger partial charge in [0.2, 0.25) is 5.91 Å². The average Bonchev–Trinajstić information content (AvgIpc) is 3.41. The molecule has 0 radical (unpaired) electrons. The number of amides is 1. The summed E-state index contributed by atoms with van der Waals surface area (Å²) in [5.41, 5.74) is 4.31. The highest BCUT2D eigenvalue weighted by atomic mass is 16.5. The van der Waals surface area contributed by atoms with Crippen molar-refractivity contribution in [3.8, 4) is 5.75 Å². The number of benzene rings is 2. The van der Waals surface area contributed by atoms with Crippen molar-refractivity contribution in [2.24, 2.45) is 5.92 Å². The molecule has 4 rings (SSSR count). The van der Waals surface area contributed by atoms with E-state index in [2.05, 4.69) is 17.7 Å². The molecule has 1 amide bonds. The first kappa shape index (κ1) is 26.3. The Bertz CT molecular complexity index is 1330. The number of carbonyl (C=O) groups excluding carboxylic acids is 3. The summed E-state index contributed by atoms with van der Waals surface area (Å²) in [6, 6.07) is 11.4. The smallest absolute Gasteiger partial charge is 0.337 e. The molecule has 196 valence electrons. The maximum atomic E-state index is 12.8. The van der Waals surface area contributed by atoms with E-state index in [1.807, 2.05) is 24.3 Å². The van der Waals surface area contributed by atoms with E-state index in [0.717, 1.165) is 40.6 Å². The number of nitrogens with zero attached hydrogens (tertiary/aromatic N) is 2. The SMILES string of the molecule is CCCn1cc(Cc2ccc(C(=O)OC)cc2OC)c2cc(C(OC(C)=O)C3CCN(C)C3=O)ccc21. The predicted octanol–water partition coefficient (Wildman–Crippen LogP) is 4.52. The Balaban J connectivity index is 1.78. The van der Waals surface area contributed by atoms with Crippen LogP contribution >= 0.6 is 0 Å². The molecule has 37 heavy (non-hydrogen) atoms. The number of carbonyl (C=O) groups is 3. The Kier molecular flexibility index (Phi) is 7.86. The molecular formula is C29H34N2O6. The minimum absolute atomic E-state index is 0.00874. The average molecular weight is 507 g/mol. The third-order valence-electron chi connectivity index (χ3n) is 7.00. The maximum Gasteiger partial charge on any atom is 0.337 e. The lowest BCUT2D eigenvalue weighted by Gasteiger charge is -2.23. The van der Waals surface area contributed by atoms with Crippen molar-refractivity contribution in [3.05, 3.63) is 64.8 Å². The highest BCUT2D eigenvalue weighted by Gasteiger charge is 2.38. The van der Waals surface area contributed by atoms with Crippen LogP contribution in [0.1, 0.15) is 59.8 Å². The van der Waals surface area contributed by atoms with Crippen molar-refractivity contribution in [1.29, 1.82) is 0 Å². The Hall–Kier alpha value is -3.81. The molecule has 0 aliphatic carbocycles. The molecule has 1 fully saturated rings. The zero-order valence-corrected chi connectivity index (χ0v) is 22.1. The van der Waals surface area contributed by atoms with Crippen LogP contribution in [0.4, 0.5) is 0 Å². The molecular weight excluding hydrogens is 472 g/mol. The quantitative estimate of drug-likeness (QED) is 0.397. The molecule has 1 aliphatic rings. The molecule has 8 nitrogen and oxygen atoms in total. The molecule has 1 aliphatic heterocycles. The third-order valence-corrected chi connectivity index (χ3v) is 7.00. The van der Waals surface area contributed by atoms with Crippen LogP contribution in [0.15, 0.2) is 42.6 Å². The van der Waals surface area contributed by atoms with Crippen LogP contribution in [0.3, 0.4) is 0 Å². The number of ether oxygens (including phenoxy) is 3. The minimum atomic E-state index is -0.643. The minimum Gasteiger partial charge on any atom is -0.496 e. The van der Waals surface area contributed by atoms with Crippen molar-refractivity contribution >= 4 is 28.7 Å². The van der Waals surface area contributed by atoms with Crippen LogP contribution in [0.25, 0.3) is 10.9 Å². The fourth-order valence-corrected chi connectivity index (χ4v) is 5.16. The van der Waals surface area contributed by atoms with E-state index < -0.39 is 24.0 Å². The Morgan fingerprint density at radius 3 is 2.51 bits per heavy atom. The summed E-state index contributed by atoms with van der Waals surface area (Å²) in [6.45, 7) is 5.01. The normalized spacial score (nSPS) is 16.2. The lowest BCUT2D eigenvalue weighted by Crippen LogP contribution is -2.28. The zero-order chi connectivity index (χ0) is 26.7. The van der Waals surface area contributed by atoms with Crippen molar-refractivity contribution in [1.82, 2.24) is 9.47 Å². The van der Waals surface area contributed by atoms with Crippen LogP contribution in [0, 0.1) is 5.92 Å². The van der Waals surface area contributed by atoms with Crippen LogP contribution in [-0.2, 0) is 32.0 Å². The van der Waals surface area contributed by atoms with Gasteiger partial charge in [0.05, 0.1) is 25.7 Å². The van der Waals surface area contributed by atoms with E-state index in [4.69, 9.17) is 14.2 Å². The molecule has 0 saturated carbocycles. The molecule has 2 heterocycles. The van der Waals surface area contributed by atoms with Crippen molar-refractivity contribution in [2.75, 3.05) is 27.8 Å². The Morgan fingerprint density at radius 1 is 1.11 bits per heavy atom. The maximum absolute atomic E-state index is 12.8. The molecule has 3 aromatic rings. The zero-order valence-electron chi connectivity index (χ0n) is 22.1. The van der Waals surface area contributed by atoms with Crippen molar-refractivity contribution < 1.29 is 28.6 Å². The Labute approximate surface area is 217 Å². The number of likely N-dealkylation sites (tertiary alicyclic amines) is 1. The van der Waals surface area contributed by atoms with Crippen molar-refractivity contribution in [2.45, 2.75) is 45.8 Å². The topological polar surface area (TPSA) is 87.1 Å². The summed E-state index contributed by atoms with van der Waals surface area (Å²) in [6.07, 6.45) is 3.68. The highest BCUT2D eigenvalue weighted by molar-refractivity contribution is 5.90. The first-order chi connectivity index (χ1) is 17.8. The molecule has 2 aromatic carbocycles. The van der Waals surface area contributed by atoms with Gasteiger partial charge in [-0.1, -0.05) is 19.1 Å². The van der Waals surface area contributed by atoms with Crippen molar-refractivity contribution in [3.63, 3.8) is 0 Å². The first-order valence-corrected chi connectivity index (χ1v) is 12.6. The number of rotatable bonds is 9. The van der Waals surface area contributed by atoms with E-state index in [1.54, 1.807) is 31.2 Å². The Morgan fingerprint density at radius 2 is 1.89 bits per heavy atom. The number of aromatic nitrogens is 1. The van der Waals surface area contributed by atoms with Crippen LogP contribution < -0.4 is 4.74 Å². The van der Waals surface area contributed by atoms with Gasteiger partial charge in [-0.15, -0.1) is 0 Å². The predicted molar refractivity (Wildman–Crippen MR) is 140 cm³/mol. The molecule has 1 saturated heterocycles. The number of aryl methyl sites for hydroxylation is 1. The summed E-state index contributed by atoms with van der Waals surface area (Å²) >= 11 is 0. The standard InChI is InChI=1S/C29H34N2O6/c1-6-12-31-17-22(14-19-7-8-21(29(34)36-5)16-26(19)35-4)24-15-20(9-10-25(24)31)27(37-18(2)32)23-11-13-30(3)28(23)33/h7-10,15-17,23,27H,6,11-14H2,1-5H3. The van der Waals surface area contributed by atoms with E-state index in [1.165, 1.54) is 14.0 Å². The second-order valence-electron chi connectivity index (χ2n) is 9.50. The largest absolute Gasteiger partial charge is 0.496 e. The number of hydrogen-bond acceptors (Lipinski definition) is 6. The van der Waals surface area contributed by atoms with Gasteiger partial charge in [0.15, 0.2) is 0 Å². The monoisotopic (exact) mass is 506 g/mol. The van der Waals surface area contributed by atoms with Gasteiger partial charge in [0.25, 0.3) is 0 Å². The van der Waals surface area contributed by atoms with Gasteiger partial charge >= 0.3 is 11.9 Å². The molecule has 1 aromatic heterocycles. The molecule has 2 unspecified atom stereocenters. The van der Waals surface area contributed by atoms with E-state index in [9.17, 15) is 14.4 Å². The molecule has 0 bridgehead atoms. The lowest BCUT2D eigenvalue weighted by molar-refractivity contribution is -0.152. The highest BCUT2D eigenvalue weighted by Crippen LogP contribution is 2.37. The van der Waals surface area contributed by atoms with Gasteiger partial charge in [0, 0.05) is 50.6 Å². The van der Waals surface area contributed by atoms with Gasteiger partial charge in [-0.3, -0.25) is 9.59 Å². The van der Waals surface area contributed by atoms with E-state index >= 15 is 0 Å². The molecule has 0 N–H and O–H groups in total. The van der Waals surface area contributed by atoms with Gasteiger partial charge in [-0.2, -0.15) is 0 Å². The van der Waals surface area contributed by atoms with Gasteiger partial charge in [0.1, 0.15) is 11.9 Å². The summed E-state index contributed by atoms with van der Waals surface area (Å²) in [5, 5.41) is 1.03. The first-order valence-electron chi connectivity index (χ1n) is 12.6. The number of methoxy groups -OCH3 is 2. The van der Waals surface area contributed by atoms with Gasteiger partial charge < -0.3 is 23.7 Å². The fraction of sp³-hybridized carbons (Fsp3) is 0.414. The van der Waals surface area contributed by atoms with Crippen LogP contribution in [-0.4, -0.2) is 55.1 Å². The number of fused-ring (bicyclic) bond motifs is 1. The summed E-state index contributed by atoms with van der Waals surface area (Å²) in [5.74, 6) is -0.638. The summed E-state index contributed by atoms with van der Waals surface area (Å²) in [4.78, 5) is 38.5. The number of hydrogen-bond donors (Lipinski definition) is 0. The fourth-order valence-electron chi connectivity index (χ4n) is 5.16. The second kappa shape index (κ2) is 11.1. The van der Waals surface area contributed by atoms with Crippen LogP contribution in [0.2, 0.25) is 0 Å². The molecule has 0 spiro atoms. The summed E-state index contributed by atoms with van der Waals surface area (Å²) in [7, 11) is 4.71. The van der Waals surface area contributed by atoms with E-state index in [0.29, 0.717) is 30.7 Å². The van der Waals surface area contributed by atoms with E-state index in [-0.39, 0.29) is 5.91 Å². The third kappa shape index (κ3) is 5.33. The van der Waals surface area contributed by atoms with Crippen LogP contribution in [0.5, 0.6) is 5.75 Å². The lowest BCUT2D eigenvalue weighted by atomic mass is 9.92.